The van der Waals surface area contributed by atoms with Crippen molar-refractivity contribution < 1.29 is 23.7 Å². The predicted molar refractivity (Wildman–Crippen MR) is 119 cm³/mol. The third-order valence-corrected chi connectivity index (χ3v) is 5.15. The molecular formula is C24H32N2O5. The Morgan fingerprint density at radius 1 is 1.06 bits per heavy atom. The molecule has 0 unspecified atom stereocenters. The molecule has 0 radical (unpaired) electrons. The Hall–Kier alpha value is -2.77. The molecule has 1 fully saturated rings. The minimum Gasteiger partial charge on any atom is -0.496 e. The molecule has 0 bridgehead atoms. The second-order valence-electron chi connectivity index (χ2n) is 7.61. The van der Waals surface area contributed by atoms with Crippen LogP contribution in [0.15, 0.2) is 42.5 Å². The third-order valence-electron chi connectivity index (χ3n) is 5.15. The van der Waals surface area contributed by atoms with E-state index in [1.54, 1.807) is 33.3 Å². The number of carbonyl (C=O) groups excluding carboxylic acids is 1. The normalized spacial score (nSPS) is 14.2. The monoisotopic (exact) mass is 428 g/mol. The third kappa shape index (κ3) is 6.60. The lowest BCUT2D eigenvalue weighted by Crippen LogP contribution is -2.37. The maximum atomic E-state index is 12.7. The first-order valence-corrected chi connectivity index (χ1v) is 10.6. The smallest absolute Gasteiger partial charge is 0.257 e. The van der Waals surface area contributed by atoms with Crippen LogP contribution < -0.4 is 14.2 Å². The van der Waals surface area contributed by atoms with Gasteiger partial charge in [0.2, 0.25) is 0 Å². The van der Waals surface area contributed by atoms with Crippen LogP contribution in [0.3, 0.4) is 0 Å². The second kappa shape index (κ2) is 11.6. The minimum atomic E-state index is -0.131. The van der Waals surface area contributed by atoms with Gasteiger partial charge in [-0.1, -0.05) is 18.2 Å². The van der Waals surface area contributed by atoms with Gasteiger partial charge in [0, 0.05) is 39.3 Å². The molecular weight excluding hydrogens is 396 g/mol. The van der Waals surface area contributed by atoms with Crippen molar-refractivity contribution in [2.45, 2.75) is 13.0 Å². The van der Waals surface area contributed by atoms with Gasteiger partial charge in [0.05, 0.1) is 32.5 Å². The van der Waals surface area contributed by atoms with E-state index in [0.717, 1.165) is 50.6 Å². The van der Waals surface area contributed by atoms with E-state index in [1.165, 1.54) is 4.90 Å². The zero-order chi connectivity index (χ0) is 22.1. The van der Waals surface area contributed by atoms with Crippen molar-refractivity contribution in [2.24, 2.45) is 0 Å². The average molecular weight is 429 g/mol. The van der Waals surface area contributed by atoms with Gasteiger partial charge >= 0.3 is 0 Å². The zero-order valence-electron chi connectivity index (χ0n) is 18.6. The average Bonchev–Trinajstić information content (AvgIpc) is 2.81. The van der Waals surface area contributed by atoms with Crippen LogP contribution in [0.2, 0.25) is 0 Å². The number of hydrogen-bond donors (Lipinski definition) is 0. The lowest BCUT2D eigenvalue weighted by atomic mass is 10.1. The SMILES string of the molecule is COc1ccccc1COc1ccc(OCCCN2CCOCC2)cc1C(=O)N(C)C. The van der Waals surface area contributed by atoms with Crippen molar-refractivity contribution in [3.05, 3.63) is 53.6 Å². The number of para-hydroxylation sites is 1. The lowest BCUT2D eigenvalue weighted by molar-refractivity contribution is 0.0358. The number of nitrogens with zero attached hydrogens (tertiary/aromatic N) is 2. The summed E-state index contributed by atoms with van der Waals surface area (Å²) in [6.45, 7) is 5.42. The number of methoxy groups -OCH3 is 1. The summed E-state index contributed by atoms with van der Waals surface area (Å²) >= 11 is 0. The molecule has 1 saturated heterocycles. The number of benzene rings is 2. The summed E-state index contributed by atoms with van der Waals surface area (Å²) < 4.78 is 22.7. The molecule has 1 aliphatic heterocycles. The van der Waals surface area contributed by atoms with Crippen LogP contribution in [0, 0.1) is 0 Å². The molecule has 0 aromatic heterocycles. The Bertz CT molecular complexity index is 850. The summed E-state index contributed by atoms with van der Waals surface area (Å²) in [4.78, 5) is 16.6. The highest BCUT2D eigenvalue weighted by Crippen LogP contribution is 2.27. The molecule has 168 valence electrons. The quantitative estimate of drug-likeness (QED) is 0.542. The van der Waals surface area contributed by atoms with E-state index < -0.39 is 0 Å². The van der Waals surface area contributed by atoms with Crippen LogP contribution in [0.4, 0.5) is 0 Å². The van der Waals surface area contributed by atoms with Crippen molar-refractivity contribution >= 4 is 5.91 Å². The van der Waals surface area contributed by atoms with Gasteiger partial charge in [-0.3, -0.25) is 9.69 Å². The highest BCUT2D eigenvalue weighted by atomic mass is 16.5. The number of hydrogen-bond acceptors (Lipinski definition) is 6. The first kappa shape index (κ1) is 22.9. The summed E-state index contributed by atoms with van der Waals surface area (Å²) in [7, 11) is 5.08. The molecule has 1 aliphatic rings. The topological polar surface area (TPSA) is 60.5 Å². The van der Waals surface area contributed by atoms with Gasteiger partial charge in [0.25, 0.3) is 5.91 Å². The summed E-state index contributed by atoms with van der Waals surface area (Å²) in [6, 6.07) is 13.1. The fourth-order valence-corrected chi connectivity index (χ4v) is 3.41. The van der Waals surface area contributed by atoms with Gasteiger partial charge < -0.3 is 23.8 Å². The van der Waals surface area contributed by atoms with E-state index in [-0.39, 0.29) is 5.91 Å². The standard InChI is InChI=1S/C24H32N2O5/c1-25(2)24(27)21-17-20(30-14-6-11-26-12-15-29-16-13-26)9-10-23(21)31-18-19-7-4-5-8-22(19)28-3/h4-5,7-10,17H,6,11-16,18H2,1-3H3. The van der Waals surface area contributed by atoms with Gasteiger partial charge in [-0.15, -0.1) is 0 Å². The highest BCUT2D eigenvalue weighted by molar-refractivity contribution is 5.97. The van der Waals surface area contributed by atoms with Crippen molar-refractivity contribution in [1.82, 2.24) is 9.80 Å². The van der Waals surface area contributed by atoms with Gasteiger partial charge in [0.1, 0.15) is 23.9 Å². The van der Waals surface area contributed by atoms with Crippen LogP contribution >= 0.6 is 0 Å². The van der Waals surface area contributed by atoms with Crippen LogP contribution in [0.25, 0.3) is 0 Å². The van der Waals surface area contributed by atoms with Crippen molar-refractivity contribution in [3.63, 3.8) is 0 Å². The van der Waals surface area contributed by atoms with Crippen molar-refractivity contribution in [2.75, 3.05) is 60.7 Å². The van der Waals surface area contributed by atoms with Crippen LogP contribution in [0.5, 0.6) is 17.2 Å². The molecule has 3 rings (SSSR count). The predicted octanol–water partition coefficient (Wildman–Crippen LogP) is 3.08. The molecule has 1 heterocycles. The summed E-state index contributed by atoms with van der Waals surface area (Å²) in [5, 5.41) is 0. The summed E-state index contributed by atoms with van der Waals surface area (Å²) in [6.07, 6.45) is 0.920. The molecule has 1 amide bonds. The van der Waals surface area contributed by atoms with E-state index in [1.807, 2.05) is 30.3 Å². The van der Waals surface area contributed by atoms with Gasteiger partial charge in [-0.05, 0) is 30.7 Å². The van der Waals surface area contributed by atoms with E-state index in [2.05, 4.69) is 4.90 Å². The Labute approximate surface area is 184 Å². The molecule has 0 aliphatic carbocycles. The Kier molecular flexibility index (Phi) is 8.55. The van der Waals surface area contributed by atoms with Crippen molar-refractivity contribution in [3.8, 4) is 17.2 Å². The number of ether oxygens (including phenoxy) is 4. The highest BCUT2D eigenvalue weighted by Gasteiger charge is 2.17. The summed E-state index contributed by atoms with van der Waals surface area (Å²) in [5.41, 5.74) is 1.39. The van der Waals surface area contributed by atoms with Gasteiger partial charge in [-0.2, -0.15) is 0 Å². The zero-order valence-corrected chi connectivity index (χ0v) is 18.6. The molecule has 0 spiro atoms. The Morgan fingerprint density at radius 3 is 2.58 bits per heavy atom. The van der Waals surface area contributed by atoms with Crippen LogP contribution in [0.1, 0.15) is 22.3 Å². The number of amides is 1. The van der Waals surface area contributed by atoms with Crippen molar-refractivity contribution in [1.29, 1.82) is 0 Å². The minimum absolute atomic E-state index is 0.131. The Morgan fingerprint density at radius 2 is 1.84 bits per heavy atom. The largest absolute Gasteiger partial charge is 0.496 e. The molecule has 0 atom stereocenters. The number of carbonyl (C=O) groups is 1. The molecule has 0 N–H and O–H groups in total. The van der Waals surface area contributed by atoms with Gasteiger partial charge in [0.15, 0.2) is 0 Å². The molecule has 2 aromatic rings. The van der Waals surface area contributed by atoms with E-state index >= 15 is 0 Å². The van der Waals surface area contributed by atoms with Crippen LogP contribution in [-0.4, -0.2) is 76.4 Å². The lowest BCUT2D eigenvalue weighted by Gasteiger charge is -2.26. The first-order valence-electron chi connectivity index (χ1n) is 10.6. The van der Waals surface area contributed by atoms with E-state index in [4.69, 9.17) is 18.9 Å². The Balaban J connectivity index is 1.63. The second-order valence-corrected chi connectivity index (χ2v) is 7.61. The molecule has 2 aromatic carbocycles. The molecule has 7 heteroatoms. The fourth-order valence-electron chi connectivity index (χ4n) is 3.41. The first-order chi connectivity index (χ1) is 15.1. The number of rotatable bonds is 10. The van der Waals surface area contributed by atoms with E-state index in [9.17, 15) is 4.79 Å². The fraction of sp³-hybridized carbons (Fsp3) is 0.458. The molecule has 0 saturated carbocycles. The van der Waals surface area contributed by atoms with Crippen LogP contribution in [-0.2, 0) is 11.3 Å². The maximum Gasteiger partial charge on any atom is 0.257 e. The molecule has 7 nitrogen and oxygen atoms in total. The maximum absolute atomic E-state index is 12.7. The summed E-state index contributed by atoms with van der Waals surface area (Å²) in [5.74, 6) is 1.80. The molecule has 31 heavy (non-hydrogen) atoms. The number of morpholine rings is 1. The van der Waals surface area contributed by atoms with E-state index in [0.29, 0.717) is 30.3 Å². The van der Waals surface area contributed by atoms with Gasteiger partial charge in [-0.25, -0.2) is 0 Å².